The second-order valence-electron chi connectivity index (χ2n) is 4.48. The zero-order valence-electron chi connectivity index (χ0n) is 11.9. The highest BCUT2D eigenvalue weighted by molar-refractivity contribution is 5.93. The van der Waals surface area contributed by atoms with Gasteiger partial charge in [0.25, 0.3) is 5.91 Å². The fourth-order valence-electron chi connectivity index (χ4n) is 1.85. The van der Waals surface area contributed by atoms with Crippen molar-refractivity contribution in [2.75, 3.05) is 20.7 Å². The van der Waals surface area contributed by atoms with Crippen molar-refractivity contribution in [1.82, 2.24) is 19.4 Å². The van der Waals surface area contributed by atoms with Crippen molar-refractivity contribution in [3.05, 3.63) is 42.1 Å². The molecule has 0 aromatic carbocycles. The van der Waals surface area contributed by atoms with Crippen LogP contribution in [0.1, 0.15) is 16.2 Å². The molecule has 1 amide bonds. The Hall–Kier alpha value is -2.37. The number of carbonyl (C=O) groups is 1. The Labute approximate surface area is 118 Å². The molecule has 20 heavy (non-hydrogen) atoms. The lowest BCUT2D eigenvalue weighted by Crippen LogP contribution is -2.30. The third-order valence-electron chi connectivity index (χ3n) is 3.14. The van der Waals surface area contributed by atoms with E-state index in [-0.39, 0.29) is 5.91 Å². The number of nitrogens with zero attached hydrogens (tertiary/aromatic N) is 4. The van der Waals surface area contributed by atoms with Gasteiger partial charge in [-0.3, -0.25) is 4.79 Å². The molecule has 0 aliphatic heterocycles. The monoisotopic (exact) mass is 274 g/mol. The van der Waals surface area contributed by atoms with Gasteiger partial charge in [-0.2, -0.15) is 0 Å². The molecule has 0 fully saturated rings. The van der Waals surface area contributed by atoms with Gasteiger partial charge in [-0.15, -0.1) is 0 Å². The average Bonchev–Trinajstić information content (AvgIpc) is 2.89. The molecule has 0 aliphatic carbocycles. The van der Waals surface area contributed by atoms with Crippen LogP contribution in [0.3, 0.4) is 0 Å². The number of rotatable bonds is 5. The summed E-state index contributed by atoms with van der Waals surface area (Å²) in [5.74, 6) is 1.38. The van der Waals surface area contributed by atoms with Gasteiger partial charge in [0, 0.05) is 44.8 Å². The Kier molecular flexibility index (Phi) is 4.34. The van der Waals surface area contributed by atoms with E-state index in [1.807, 2.05) is 17.7 Å². The van der Waals surface area contributed by atoms with Crippen molar-refractivity contribution in [2.45, 2.75) is 13.5 Å². The van der Waals surface area contributed by atoms with Crippen molar-refractivity contribution in [1.29, 1.82) is 0 Å². The van der Waals surface area contributed by atoms with Crippen LogP contribution in [0.15, 0.2) is 30.7 Å². The Balaban J connectivity index is 1.95. The van der Waals surface area contributed by atoms with Crippen LogP contribution in [-0.4, -0.2) is 46.0 Å². The Morgan fingerprint density at radius 2 is 2.20 bits per heavy atom. The van der Waals surface area contributed by atoms with Crippen LogP contribution < -0.4 is 4.74 Å². The van der Waals surface area contributed by atoms with Gasteiger partial charge in [0.2, 0.25) is 5.88 Å². The van der Waals surface area contributed by atoms with Gasteiger partial charge >= 0.3 is 0 Å². The van der Waals surface area contributed by atoms with Crippen LogP contribution >= 0.6 is 0 Å². The minimum Gasteiger partial charge on any atom is -0.481 e. The maximum absolute atomic E-state index is 12.2. The first-order valence-corrected chi connectivity index (χ1v) is 6.35. The summed E-state index contributed by atoms with van der Waals surface area (Å²) >= 11 is 0. The molecule has 2 heterocycles. The lowest BCUT2D eigenvalue weighted by atomic mass is 10.2. The normalized spacial score (nSPS) is 10.3. The summed E-state index contributed by atoms with van der Waals surface area (Å²) in [6.45, 7) is 3.27. The first-order valence-electron chi connectivity index (χ1n) is 6.35. The number of imidazole rings is 1. The van der Waals surface area contributed by atoms with E-state index in [9.17, 15) is 4.79 Å². The number of pyridine rings is 1. The van der Waals surface area contributed by atoms with E-state index in [1.165, 1.54) is 6.20 Å². The van der Waals surface area contributed by atoms with Crippen molar-refractivity contribution in [3.8, 4) is 5.88 Å². The van der Waals surface area contributed by atoms with Gasteiger partial charge in [-0.25, -0.2) is 9.97 Å². The zero-order valence-corrected chi connectivity index (χ0v) is 11.9. The minimum atomic E-state index is -0.0575. The fraction of sp³-hybridized carbons (Fsp3) is 0.357. The summed E-state index contributed by atoms with van der Waals surface area (Å²) in [7, 11) is 3.32. The molecule has 2 rings (SSSR count). The van der Waals surface area contributed by atoms with Gasteiger partial charge in [0.05, 0.1) is 12.7 Å². The van der Waals surface area contributed by atoms with Gasteiger partial charge in [0.15, 0.2) is 0 Å². The smallest absolute Gasteiger partial charge is 0.255 e. The zero-order chi connectivity index (χ0) is 14.5. The van der Waals surface area contributed by atoms with E-state index in [2.05, 4.69) is 9.97 Å². The molecular formula is C14H18N4O2. The largest absolute Gasteiger partial charge is 0.481 e. The fourth-order valence-corrected chi connectivity index (χ4v) is 1.85. The molecule has 106 valence electrons. The molecule has 6 heteroatoms. The predicted molar refractivity (Wildman–Crippen MR) is 74.7 cm³/mol. The van der Waals surface area contributed by atoms with Crippen LogP contribution in [0.25, 0.3) is 0 Å². The maximum atomic E-state index is 12.2. The summed E-state index contributed by atoms with van der Waals surface area (Å²) in [5.41, 5.74) is 0.552. The van der Waals surface area contributed by atoms with Crippen molar-refractivity contribution in [3.63, 3.8) is 0 Å². The van der Waals surface area contributed by atoms with E-state index in [4.69, 9.17) is 4.74 Å². The van der Waals surface area contributed by atoms with Crippen LogP contribution in [0.2, 0.25) is 0 Å². The molecule has 2 aromatic rings. The number of likely N-dealkylation sites (N-methyl/N-ethyl adjacent to an activating group) is 1. The highest BCUT2D eigenvalue weighted by Gasteiger charge is 2.12. The first-order chi connectivity index (χ1) is 9.61. The SMILES string of the molecule is COc1ccc(C(=O)N(C)CCn2ccnc2C)cn1. The third-order valence-corrected chi connectivity index (χ3v) is 3.14. The highest BCUT2D eigenvalue weighted by Crippen LogP contribution is 2.08. The topological polar surface area (TPSA) is 60.2 Å². The molecular weight excluding hydrogens is 256 g/mol. The second kappa shape index (κ2) is 6.18. The standard InChI is InChI=1S/C14H18N4O2/c1-11-15-6-7-18(11)9-8-17(2)14(19)12-4-5-13(20-3)16-10-12/h4-7,10H,8-9H2,1-3H3. The number of hydrogen-bond acceptors (Lipinski definition) is 4. The van der Waals surface area contributed by atoms with Crippen molar-refractivity contribution in [2.24, 2.45) is 0 Å². The number of amides is 1. The molecule has 6 nitrogen and oxygen atoms in total. The van der Waals surface area contributed by atoms with Gasteiger partial charge in [-0.05, 0) is 13.0 Å². The van der Waals surface area contributed by atoms with Crippen LogP contribution in [0.4, 0.5) is 0 Å². The Bertz CT molecular complexity index is 577. The summed E-state index contributed by atoms with van der Waals surface area (Å²) in [4.78, 5) is 22.1. The number of aromatic nitrogens is 3. The first kappa shape index (κ1) is 14.0. The molecule has 0 N–H and O–H groups in total. The minimum absolute atomic E-state index is 0.0575. The van der Waals surface area contributed by atoms with E-state index >= 15 is 0 Å². The number of methoxy groups -OCH3 is 1. The molecule has 0 saturated carbocycles. The lowest BCUT2D eigenvalue weighted by molar-refractivity contribution is 0.0789. The summed E-state index contributed by atoms with van der Waals surface area (Å²) in [6.07, 6.45) is 5.19. The van der Waals surface area contributed by atoms with Crippen molar-refractivity contribution >= 4 is 5.91 Å². The molecule has 0 bridgehead atoms. The van der Waals surface area contributed by atoms with Gasteiger partial charge < -0.3 is 14.2 Å². The van der Waals surface area contributed by atoms with E-state index in [1.54, 1.807) is 37.4 Å². The predicted octanol–water partition coefficient (Wildman–Crippen LogP) is 1.37. The average molecular weight is 274 g/mol. The van der Waals surface area contributed by atoms with Gasteiger partial charge in [-0.1, -0.05) is 0 Å². The second-order valence-corrected chi connectivity index (χ2v) is 4.48. The van der Waals surface area contributed by atoms with Crippen LogP contribution in [0, 0.1) is 6.92 Å². The van der Waals surface area contributed by atoms with E-state index < -0.39 is 0 Å². The van der Waals surface area contributed by atoms with E-state index in [0.717, 1.165) is 12.4 Å². The highest BCUT2D eigenvalue weighted by atomic mass is 16.5. The maximum Gasteiger partial charge on any atom is 0.255 e. The molecule has 2 aromatic heterocycles. The molecule has 0 radical (unpaired) electrons. The summed E-state index contributed by atoms with van der Waals surface area (Å²) in [5, 5.41) is 0. The quantitative estimate of drug-likeness (QED) is 0.826. The van der Waals surface area contributed by atoms with E-state index in [0.29, 0.717) is 18.0 Å². The Morgan fingerprint density at radius 1 is 1.40 bits per heavy atom. The third kappa shape index (κ3) is 3.14. The number of ether oxygens (including phenoxy) is 1. The molecule has 0 unspecified atom stereocenters. The number of hydrogen-bond donors (Lipinski definition) is 0. The number of aryl methyl sites for hydroxylation is 1. The molecule has 0 aliphatic rings. The van der Waals surface area contributed by atoms with Crippen LogP contribution in [0.5, 0.6) is 5.88 Å². The summed E-state index contributed by atoms with van der Waals surface area (Å²) in [6, 6.07) is 3.40. The summed E-state index contributed by atoms with van der Waals surface area (Å²) < 4.78 is 6.98. The lowest BCUT2D eigenvalue weighted by Gasteiger charge is -2.17. The molecule has 0 atom stereocenters. The van der Waals surface area contributed by atoms with Crippen LogP contribution in [-0.2, 0) is 6.54 Å². The Morgan fingerprint density at radius 3 is 2.75 bits per heavy atom. The molecule has 0 saturated heterocycles. The van der Waals surface area contributed by atoms with Crippen molar-refractivity contribution < 1.29 is 9.53 Å². The van der Waals surface area contributed by atoms with Gasteiger partial charge in [0.1, 0.15) is 5.82 Å². The number of carbonyl (C=O) groups excluding carboxylic acids is 1. The molecule has 0 spiro atoms.